The first-order valence-corrected chi connectivity index (χ1v) is 8.03. The molecule has 3 aromatic heterocycles. The molecule has 1 N–H and O–H groups in total. The molecule has 9 heteroatoms. The maximum Gasteiger partial charge on any atom is 0.251 e. The maximum atomic E-state index is 13.4. The molecular formula is C16H17F2N7. The summed E-state index contributed by atoms with van der Waals surface area (Å²) in [6, 6.07) is 5.63. The van der Waals surface area contributed by atoms with E-state index in [9.17, 15) is 8.78 Å². The summed E-state index contributed by atoms with van der Waals surface area (Å²) in [6.45, 7) is 2.45. The van der Waals surface area contributed by atoms with Gasteiger partial charge in [-0.3, -0.25) is 10.1 Å². The van der Waals surface area contributed by atoms with Crippen molar-refractivity contribution in [2.24, 2.45) is 0 Å². The number of piperidine rings is 1. The van der Waals surface area contributed by atoms with Gasteiger partial charge in [0.15, 0.2) is 11.6 Å². The Bertz CT molecular complexity index is 845. The number of pyridine rings is 1. The van der Waals surface area contributed by atoms with E-state index < -0.39 is 5.92 Å². The summed E-state index contributed by atoms with van der Waals surface area (Å²) in [7, 11) is 0. The predicted molar refractivity (Wildman–Crippen MR) is 87.9 cm³/mol. The van der Waals surface area contributed by atoms with Gasteiger partial charge in [0.25, 0.3) is 5.92 Å². The number of aromatic nitrogens is 6. The van der Waals surface area contributed by atoms with Crippen LogP contribution < -0.4 is 4.90 Å². The zero-order chi connectivity index (χ0) is 17.4. The molecule has 25 heavy (non-hydrogen) atoms. The molecule has 3 aromatic rings. The van der Waals surface area contributed by atoms with Crippen LogP contribution in [-0.2, 0) is 0 Å². The molecule has 0 bridgehead atoms. The van der Waals surface area contributed by atoms with Gasteiger partial charge in [-0.2, -0.15) is 5.10 Å². The van der Waals surface area contributed by atoms with Crippen molar-refractivity contribution in [2.75, 3.05) is 18.0 Å². The number of nitrogens with one attached hydrogen (secondary N) is 1. The third-order valence-electron chi connectivity index (χ3n) is 4.31. The topological polar surface area (TPSA) is 75.5 Å². The first-order valence-electron chi connectivity index (χ1n) is 8.03. The van der Waals surface area contributed by atoms with Crippen LogP contribution in [0.4, 0.5) is 14.6 Å². The van der Waals surface area contributed by atoms with Crippen molar-refractivity contribution in [3.8, 4) is 17.2 Å². The smallest absolute Gasteiger partial charge is 0.251 e. The Morgan fingerprint density at radius 2 is 1.96 bits per heavy atom. The summed E-state index contributed by atoms with van der Waals surface area (Å²) in [5.41, 5.74) is 2.37. The number of hydrogen-bond donors (Lipinski definition) is 1. The quantitative estimate of drug-likeness (QED) is 0.790. The van der Waals surface area contributed by atoms with E-state index in [0.29, 0.717) is 17.3 Å². The van der Waals surface area contributed by atoms with E-state index in [1.807, 2.05) is 30.0 Å². The minimum absolute atomic E-state index is 0.163. The van der Waals surface area contributed by atoms with Crippen molar-refractivity contribution in [1.82, 2.24) is 29.9 Å². The number of aromatic amines is 1. The van der Waals surface area contributed by atoms with E-state index in [0.717, 1.165) is 11.4 Å². The number of anilines is 1. The van der Waals surface area contributed by atoms with Gasteiger partial charge in [0, 0.05) is 37.7 Å². The van der Waals surface area contributed by atoms with E-state index in [4.69, 9.17) is 0 Å². The second-order valence-electron chi connectivity index (χ2n) is 6.13. The molecular weight excluding hydrogens is 328 g/mol. The predicted octanol–water partition coefficient (Wildman–Crippen LogP) is 2.60. The maximum absolute atomic E-state index is 13.4. The van der Waals surface area contributed by atoms with Gasteiger partial charge in [0.1, 0.15) is 12.0 Å². The third-order valence-corrected chi connectivity index (χ3v) is 4.31. The molecule has 0 aromatic carbocycles. The van der Waals surface area contributed by atoms with Crippen molar-refractivity contribution in [3.05, 3.63) is 36.4 Å². The summed E-state index contributed by atoms with van der Waals surface area (Å²) in [5, 5.41) is 11.3. The van der Waals surface area contributed by atoms with Crippen molar-refractivity contribution in [1.29, 1.82) is 0 Å². The van der Waals surface area contributed by atoms with Gasteiger partial charge in [0.05, 0.1) is 11.9 Å². The van der Waals surface area contributed by atoms with E-state index in [1.165, 1.54) is 6.33 Å². The van der Waals surface area contributed by atoms with Crippen LogP contribution >= 0.6 is 0 Å². The molecule has 0 amide bonds. The number of aryl methyl sites for hydroxylation is 1. The molecule has 0 atom stereocenters. The molecule has 0 aliphatic carbocycles. The molecule has 7 nitrogen and oxygen atoms in total. The first kappa shape index (κ1) is 15.7. The summed E-state index contributed by atoms with van der Waals surface area (Å²) in [5.74, 6) is -1.39. The second-order valence-corrected chi connectivity index (χ2v) is 6.13. The van der Waals surface area contributed by atoms with Crippen LogP contribution in [-0.4, -0.2) is 49.0 Å². The summed E-state index contributed by atoms with van der Waals surface area (Å²) < 4.78 is 28.5. The van der Waals surface area contributed by atoms with Crippen molar-refractivity contribution in [2.45, 2.75) is 25.7 Å². The highest BCUT2D eigenvalue weighted by Gasteiger charge is 2.35. The molecule has 1 aliphatic rings. The number of alkyl halides is 2. The minimum Gasteiger partial charge on any atom is -0.355 e. The molecule has 0 unspecified atom stereocenters. The monoisotopic (exact) mass is 345 g/mol. The molecule has 130 valence electrons. The zero-order valence-corrected chi connectivity index (χ0v) is 13.7. The van der Waals surface area contributed by atoms with E-state index in [2.05, 4.69) is 25.3 Å². The van der Waals surface area contributed by atoms with Gasteiger partial charge in [-0.15, -0.1) is 5.10 Å². The van der Waals surface area contributed by atoms with Crippen LogP contribution in [0.2, 0.25) is 0 Å². The summed E-state index contributed by atoms with van der Waals surface area (Å²) in [6.07, 6.45) is 2.81. The highest BCUT2D eigenvalue weighted by Crippen LogP contribution is 2.32. The van der Waals surface area contributed by atoms with Crippen LogP contribution in [0.1, 0.15) is 18.5 Å². The molecule has 0 radical (unpaired) electrons. The lowest BCUT2D eigenvalue weighted by molar-refractivity contribution is -0.0221. The Balaban J connectivity index is 1.73. The van der Waals surface area contributed by atoms with E-state index >= 15 is 0 Å². The fourth-order valence-corrected chi connectivity index (χ4v) is 2.87. The largest absolute Gasteiger partial charge is 0.355 e. The van der Waals surface area contributed by atoms with Crippen molar-refractivity contribution >= 4 is 5.82 Å². The van der Waals surface area contributed by atoms with Gasteiger partial charge in [-0.1, -0.05) is 0 Å². The second kappa shape index (κ2) is 5.91. The number of rotatable bonds is 3. The Labute approximate surface area is 142 Å². The molecule has 0 spiro atoms. The summed E-state index contributed by atoms with van der Waals surface area (Å²) in [4.78, 5) is 10.4. The van der Waals surface area contributed by atoms with Crippen LogP contribution in [0.25, 0.3) is 17.2 Å². The van der Waals surface area contributed by atoms with E-state index in [-0.39, 0.29) is 25.9 Å². The van der Waals surface area contributed by atoms with Gasteiger partial charge in [-0.25, -0.2) is 18.4 Å². The normalized spacial score (nSPS) is 17.0. The number of hydrogen-bond acceptors (Lipinski definition) is 5. The molecule has 0 saturated carbocycles. The minimum atomic E-state index is -2.59. The Kier molecular flexibility index (Phi) is 3.70. The molecule has 4 heterocycles. The lowest BCUT2D eigenvalue weighted by atomic mass is 10.1. The number of nitrogens with zero attached hydrogens (tertiary/aromatic N) is 6. The van der Waals surface area contributed by atoms with Gasteiger partial charge >= 0.3 is 0 Å². The highest BCUT2D eigenvalue weighted by molar-refractivity contribution is 5.60. The summed E-state index contributed by atoms with van der Waals surface area (Å²) >= 11 is 0. The molecule has 1 aliphatic heterocycles. The molecule has 1 saturated heterocycles. The number of halogens is 2. The van der Waals surface area contributed by atoms with Gasteiger partial charge in [-0.05, 0) is 19.1 Å². The van der Waals surface area contributed by atoms with E-state index in [1.54, 1.807) is 10.9 Å². The van der Waals surface area contributed by atoms with Crippen molar-refractivity contribution in [3.63, 3.8) is 0 Å². The fourth-order valence-electron chi connectivity index (χ4n) is 2.87. The first-order chi connectivity index (χ1) is 12.0. The van der Waals surface area contributed by atoms with Gasteiger partial charge in [0.2, 0.25) is 0 Å². The lowest BCUT2D eigenvalue weighted by Crippen LogP contribution is -2.39. The Morgan fingerprint density at radius 3 is 2.60 bits per heavy atom. The average Bonchev–Trinajstić information content (AvgIpc) is 3.25. The molecule has 1 fully saturated rings. The average molecular weight is 345 g/mol. The van der Waals surface area contributed by atoms with Crippen molar-refractivity contribution < 1.29 is 8.78 Å². The number of H-pyrrole nitrogens is 1. The Hall–Kier alpha value is -2.84. The SMILES string of the molecule is Cc1ccc(-n2nc(N3CCC(F)(F)CC3)cc2-c2ncn[nH]2)cn1. The Morgan fingerprint density at radius 1 is 1.16 bits per heavy atom. The highest BCUT2D eigenvalue weighted by atomic mass is 19.3. The zero-order valence-electron chi connectivity index (χ0n) is 13.7. The third kappa shape index (κ3) is 3.09. The standard InChI is InChI=1S/C16H17F2N7/c1-11-2-3-12(9-19-11)25-13(15-20-10-21-22-15)8-14(23-25)24-6-4-16(17,18)5-7-24/h2-3,8-10H,4-7H2,1H3,(H,20,21,22). The lowest BCUT2D eigenvalue weighted by Gasteiger charge is -2.31. The molecule has 4 rings (SSSR count). The fraction of sp³-hybridized carbons (Fsp3) is 0.375. The van der Waals surface area contributed by atoms with Crippen LogP contribution in [0.3, 0.4) is 0 Å². The van der Waals surface area contributed by atoms with Gasteiger partial charge < -0.3 is 4.90 Å². The van der Waals surface area contributed by atoms with Crippen LogP contribution in [0.5, 0.6) is 0 Å². The van der Waals surface area contributed by atoms with Crippen LogP contribution in [0.15, 0.2) is 30.7 Å². The van der Waals surface area contributed by atoms with Crippen LogP contribution in [0, 0.1) is 6.92 Å².